The van der Waals surface area contributed by atoms with Crippen molar-refractivity contribution >= 4 is 35.0 Å². The Labute approximate surface area is 139 Å². The van der Waals surface area contributed by atoms with Crippen LogP contribution in [0.4, 0.5) is 0 Å². The molecular weight excluding hydrogens is 319 g/mol. The summed E-state index contributed by atoms with van der Waals surface area (Å²) in [6, 6.07) is 15.4. The normalized spacial score (nSPS) is 9.24. The van der Waals surface area contributed by atoms with Gasteiger partial charge in [0.1, 0.15) is 0 Å². The molecule has 0 amide bonds. The van der Waals surface area contributed by atoms with Crippen molar-refractivity contribution in [1.82, 2.24) is 0 Å². The highest BCUT2D eigenvalue weighted by atomic mass is 35.5. The van der Waals surface area contributed by atoms with Gasteiger partial charge >= 0.3 is 0 Å². The van der Waals surface area contributed by atoms with Gasteiger partial charge in [-0.25, -0.2) is 0 Å². The summed E-state index contributed by atoms with van der Waals surface area (Å²) in [5.41, 5.74) is 2.31. The van der Waals surface area contributed by atoms with Crippen molar-refractivity contribution in [3.05, 3.63) is 69.7 Å². The summed E-state index contributed by atoms with van der Waals surface area (Å²) in [6.07, 6.45) is 1.42. The van der Waals surface area contributed by atoms with E-state index in [4.69, 9.17) is 23.2 Å². The van der Waals surface area contributed by atoms with Crippen LogP contribution in [0.15, 0.2) is 48.5 Å². The molecule has 0 aliphatic carbocycles. The number of thioether (sulfide) groups is 1. The van der Waals surface area contributed by atoms with Crippen molar-refractivity contribution in [2.45, 2.75) is 12.8 Å². The second-order valence-corrected chi connectivity index (χ2v) is 5.75. The quantitative estimate of drug-likeness (QED) is 0.661. The number of hydrogen-bond donors (Lipinski definition) is 0. The van der Waals surface area contributed by atoms with E-state index in [1.165, 1.54) is 11.8 Å². The van der Waals surface area contributed by atoms with Crippen molar-refractivity contribution in [2.24, 2.45) is 0 Å². The third-order valence-electron chi connectivity index (χ3n) is 2.66. The van der Waals surface area contributed by atoms with Crippen molar-refractivity contribution in [3.8, 4) is 22.3 Å². The van der Waals surface area contributed by atoms with Crippen molar-refractivity contribution in [1.29, 1.82) is 0 Å². The number of rotatable bonds is 2. The van der Waals surface area contributed by atoms with Crippen LogP contribution in [0.1, 0.15) is 11.1 Å². The monoisotopic (exact) mass is 330 g/mol. The molecule has 2 rings (SSSR count). The molecule has 0 N–H and O–H groups in total. The van der Waals surface area contributed by atoms with Gasteiger partial charge in [-0.1, -0.05) is 59.3 Å². The van der Waals surface area contributed by atoms with E-state index in [0.29, 0.717) is 12.8 Å². The minimum Gasteiger partial charge on any atom is -0.0855 e. The molecule has 21 heavy (non-hydrogen) atoms. The highest BCUT2D eigenvalue weighted by Gasteiger charge is 1.90. The fourth-order valence-electron chi connectivity index (χ4n) is 1.58. The maximum atomic E-state index is 5.82. The first-order valence-corrected chi connectivity index (χ1v) is 7.92. The molecule has 0 saturated carbocycles. The molecule has 0 aliphatic rings. The summed E-state index contributed by atoms with van der Waals surface area (Å²) in [4.78, 5) is 0. The average molecular weight is 331 g/mol. The summed E-state index contributed by atoms with van der Waals surface area (Å²) in [7, 11) is 0. The van der Waals surface area contributed by atoms with Gasteiger partial charge in [-0.05, 0) is 45.9 Å². The fraction of sp³-hybridized carbons (Fsp3) is 0.111. The lowest BCUT2D eigenvalue weighted by Gasteiger charge is -1.93. The van der Waals surface area contributed by atoms with Crippen LogP contribution >= 0.6 is 35.0 Å². The molecule has 0 aromatic heterocycles. The molecular formula is C18H12Cl2S. The van der Waals surface area contributed by atoms with E-state index < -0.39 is 0 Å². The molecule has 0 unspecified atom stereocenters. The van der Waals surface area contributed by atoms with Gasteiger partial charge in [0.2, 0.25) is 0 Å². The Morgan fingerprint density at radius 1 is 0.667 bits per heavy atom. The standard InChI is InChI=1S/C18H12Cl2S/c19-17-9-5-15(6-10-17)3-1-13-21-14-2-4-16-7-11-18(20)12-8-16/h5-12H,3-4H2. The Morgan fingerprint density at radius 3 is 1.43 bits per heavy atom. The SMILES string of the molecule is Clc1ccc(CC#CSC#CCc2ccc(Cl)cc2)cc1. The summed E-state index contributed by atoms with van der Waals surface area (Å²) < 4.78 is 0. The first-order chi connectivity index (χ1) is 10.2. The number of hydrogen-bond acceptors (Lipinski definition) is 1. The molecule has 0 bridgehead atoms. The van der Waals surface area contributed by atoms with E-state index in [-0.39, 0.29) is 0 Å². The van der Waals surface area contributed by atoms with Crippen LogP contribution in [0.5, 0.6) is 0 Å². The Balaban J connectivity index is 1.75. The van der Waals surface area contributed by atoms with Gasteiger partial charge < -0.3 is 0 Å². The lowest BCUT2D eigenvalue weighted by molar-refractivity contribution is 1.32. The van der Waals surface area contributed by atoms with Crippen LogP contribution in [-0.4, -0.2) is 0 Å². The van der Waals surface area contributed by atoms with Gasteiger partial charge in [0.15, 0.2) is 0 Å². The van der Waals surface area contributed by atoms with Gasteiger partial charge in [0.05, 0.1) is 0 Å². The smallest absolute Gasteiger partial charge is 0.0406 e. The maximum absolute atomic E-state index is 5.82. The Hall–Kier alpha value is -1.51. The molecule has 0 saturated heterocycles. The molecule has 2 aromatic rings. The van der Waals surface area contributed by atoms with Crippen LogP contribution in [0.3, 0.4) is 0 Å². The summed E-state index contributed by atoms with van der Waals surface area (Å²) in [5.74, 6) is 6.15. The van der Waals surface area contributed by atoms with Crippen LogP contribution < -0.4 is 0 Å². The molecule has 3 heteroatoms. The largest absolute Gasteiger partial charge is 0.0855 e. The predicted molar refractivity (Wildman–Crippen MR) is 93.5 cm³/mol. The second-order valence-electron chi connectivity index (χ2n) is 4.27. The lowest BCUT2D eigenvalue weighted by atomic mass is 10.2. The first-order valence-electron chi connectivity index (χ1n) is 6.34. The summed E-state index contributed by atoms with van der Waals surface area (Å²) in [5, 5.41) is 7.45. The second kappa shape index (κ2) is 8.71. The highest BCUT2D eigenvalue weighted by molar-refractivity contribution is 8.08. The molecule has 0 nitrogen and oxygen atoms in total. The fourth-order valence-corrected chi connectivity index (χ4v) is 2.17. The summed E-state index contributed by atoms with van der Waals surface area (Å²) in [6.45, 7) is 0. The van der Waals surface area contributed by atoms with E-state index in [1.807, 2.05) is 48.5 Å². The number of benzene rings is 2. The molecule has 0 radical (unpaired) electrons. The molecule has 104 valence electrons. The van der Waals surface area contributed by atoms with Crippen molar-refractivity contribution < 1.29 is 0 Å². The van der Waals surface area contributed by atoms with Gasteiger partial charge in [-0.3, -0.25) is 0 Å². The Bertz CT molecular complexity index is 632. The summed E-state index contributed by atoms with van der Waals surface area (Å²) >= 11 is 13.0. The van der Waals surface area contributed by atoms with Gasteiger partial charge in [0.25, 0.3) is 0 Å². The Kier molecular flexibility index (Phi) is 6.58. The highest BCUT2D eigenvalue weighted by Crippen LogP contribution is 2.10. The van der Waals surface area contributed by atoms with E-state index in [0.717, 1.165) is 21.2 Å². The average Bonchev–Trinajstić information content (AvgIpc) is 2.50. The Morgan fingerprint density at radius 2 is 1.05 bits per heavy atom. The van der Waals surface area contributed by atoms with Gasteiger partial charge in [0, 0.05) is 34.6 Å². The zero-order chi connectivity index (χ0) is 14.9. The van der Waals surface area contributed by atoms with Crippen LogP contribution in [0, 0.1) is 22.3 Å². The first kappa shape index (κ1) is 15.9. The topological polar surface area (TPSA) is 0 Å². The van der Waals surface area contributed by atoms with Crippen molar-refractivity contribution in [3.63, 3.8) is 0 Å². The minimum atomic E-state index is 0.711. The zero-order valence-electron chi connectivity index (χ0n) is 11.2. The van der Waals surface area contributed by atoms with E-state index in [9.17, 15) is 0 Å². The molecule has 0 fully saturated rings. The molecule has 0 aliphatic heterocycles. The lowest BCUT2D eigenvalue weighted by Crippen LogP contribution is -1.79. The zero-order valence-corrected chi connectivity index (χ0v) is 13.5. The molecule has 0 atom stereocenters. The molecule has 2 aromatic carbocycles. The minimum absolute atomic E-state index is 0.711. The molecule has 0 spiro atoms. The molecule has 0 heterocycles. The maximum Gasteiger partial charge on any atom is 0.0406 e. The third kappa shape index (κ3) is 6.19. The van der Waals surface area contributed by atoms with Gasteiger partial charge in [-0.15, -0.1) is 0 Å². The van der Waals surface area contributed by atoms with Gasteiger partial charge in [-0.2, -0.15) is 0 Å². The van der Waals surface area contributed by atoms with Crippen LogP contribution in [-0.2, 0) is 12.8 Å². The van der Waals surface area contributed by atoms with Crippen LogP contribution in [0.2, 0.25) is 10.0 Å². The van der Waals surface area contributed by atoms with E-state index in [1.54, 1.807) is 0 Å². The predicted octanol–water partition coefficient (Wildman–Crippen LogP) is 5.43. The van der Waals surface area contributed by atoms with E-state index in [2.05, 4.69) is 22.3 Å². The number of halogens is 2. The third-order valence-corrected chi connectivity index (χ3v) is 3.65. The van der Waals surface area contributed by atoms with Crippen LogP contribution in [0.25, 0.3) is 0 Å². The van der Waals surface area contributed by atoms with Crippen molar-refractivity contribution in [2.75, 3.05) is 0 Å². The van der Waals surface area contributed by atoms with E-state index >= 15 is 0 Å².